The molecule has 0 fully saturated rings. The van der Waals surface area contributed by atoms with E-state index in [1.807, 2.05) is 117 Å². The van der Waals surface area contributed by atoms with Gasteiger partial charge in [0, 0.05) is 28.0 Å². The van der Waals surface area contributed by atoms with Crippen molar-refractivity contribution < 1.29 is 19.9 Å². The Morgan fingerprint density at radius 2 is 1.04 bits per heavy atom. The van der Waals surface area contributed by atoms with Crippen LogP contribution in [0.25, 0.3) is 11.1 Å². The third-order valence-electron chi connectivity index (χ3n) is 7.38. The van der Waals surface area contributed by atoms with Gasteiger partial charge in [-0.05, 0) is 84.5 Å². The molecule has 0 bridgehead atoms. The van der Waals surface area contributed by atoms with Gasteiger partial charge in [0.15, 0.2) is 0 Å². The third kappa shape index (κ3) is 10.6. The monoisotopic (exact) mass is 732 g/mol. The summed E-state index contributed by atoms with van der Waals surface area (Å²) in [5.74, 6) is 0. The van der Waals surface area contributed by atoms with Crippen molar-refractivity contribution in [3.63, 3.8) is 0 Å². The number of nitro benzene ring substituents is 2. The maximum absolute atomic E-state index is 11.3. The van der Waals surface area contributed by atoms with Crippen molar-refractivity contribution in [3.05, 3.63) is 181 Å². The lowest BCUT2D eigenvalue weighted by Gasteiger charge is -2.11. The number of rotatable bonds is 8. The minimum Gasteiger partial charge on any atom is -0.423 e. The van der Waals surface area contributed by atoms with Gasteiger partial charge in [0.05, 0.1) is 9.85 Å². The number of nitrogens with one attached hydrogen (secondary N) is 2. The average molecular weight is 733 g/mol. The smallest absolute Gasteiger partial charge is 0.423 e. The first kappa shape index (κ1) is 37.0. The number of hydrogen-bond donors (Lipinski definition) is 4. The van der Waals surface area contributed by atoms with Crippen LogP contribution in [0.15, 0.2) is 150 Å². The standard InChI is InChI=1S/C19H16N2O2.C12H9BrN2O2.C7H9BO2/c1-14-7-5-6-10-17(14)15-11-12-19(21(22)23)18(13-15)20-16-8-3-2-4-9-16;13-9-6-7-12(15(16)17)11(8-9)14-10-4-2-1-3-5-10;1-6-4-2-3-5-7(6)8(9)10/h2-13,20H,1H3;1-8,14H;2-5,9-10H,1H3. The van der Waals surface area contributed by atoms with Crippen LogP contribution in [0.5, 0.6) is 0 Å². The van der Waals surface area contributed by atoms with Crippen LogP contribution in [-0.4, -0.2) is 27.0 Å². The largest absolute Gasteiger partial charge is 0.488 e. The summed E-state index contributed by atoms with van der Waals surface area (Å²) in [6.07, 6.45) is 0. The third-order valence-corrected chi connectivity index (χ3v) is 7.87. The number of nitrogens with zero attached hydrogens (tertiary/aromatic N) is 2. The van der Waals surface area contributed by atoms with E-state index in [0.717, 1.165) is 38.1 Å². The van der Waals surface area contributed by atoms with Gasteiger partial charge >= 0.3 is 7.12 Å². The Hall–Kier alpha value is -5.82. The van der Waals surface area contributed by atoms with Crippen molar-refractivity contribution in [1.82, 2.24) is 0 Å². The number of benzene rings is 6. The normalized spacial score (nSPS) is 10.0. The van der Waals surface area contributed by atoms with Crippen LogP contribution in [0.4, 0.5) is 34.1 Å². The molecule has 0 atom stereocenters. The van der Waals surface area contributed by atoms with Crippen molar-refractivity contribution >= 4 is 62.6 Å². The maximum Gasteiger partial charge on any atom is 0.488 e. The molecule has 50 heavy (non-hydrogen) atoms. The molecule has 0 radical (unpaired) electrons. The van der Waals surface area contributed by atoms with Crippen LogP contribution < -0.4 is 16.1 Å². The van der Waals surface area contributed by atoms with Crippen LogP contribution in [0.3, 0.4) is 0 Å². The zero-order chi connectivity index (χ0) is 36.0. The Balaban J connectivity index is 0.000000182. The number of anilines is 4. The van der Waals surface area contributed by atoms with E-state index in [1.165, 1.54) is 6.07 Å². The zero-order valence-electron chi connectivity index (χ0n) is 27.2. The second-order valence-corrected chi connectivity index (χ2v) is 11.9. The maximum atomic E-state index is 11.3. The van der Waals surface area contributed by atoms with E-state index >= 15 is 0 Å². The Kier molecular flexibility index (Phi) is 13.4. The van der Waals surface area contributed by atoms with Crippen molar-refractivity contribution in [2.24, 2.45) is 0 Å². The van der Waals surface area contributed by atoms with E-state index in [9.17, 15) is 20.2 Å². The second kappa shape index (κ2) is 18.1. The summed E-state index contributed by atoms with van der Waals surface area (Å²) in [6, 6.07) is 43.9. The number of aryl methyl sites for hydroxylation is 2. The molecule has 4 N–H and O–H groups in total. The molecule has 0 spiro atoms. The molecule has 0 unspecified atom stereocenters. The van der Waals surface area contributed by atoms with E-state index < -0.39 is 12.0 Å². The summed E-state index contributed by atoms with van der Waals surface area (Å²) >= 11 is 3.30. The van der Waals surface area contributed by atoms with E-state index in [-0.39, 0.29) is 16.3 Å². The molecule has 6 aromatic rings. The predicted octanol–water partition coefficient (Wildman–Crippen LogP) is 9.09. The molecule has 6 rings (SSSR count). The summed E-state index contributed by atoms with van der Waals surface area (Å²) < 4.78 is 0.793. The van der Waals surface area contributed by atoms with Crippen molar-refractivity contribution in [2.75, 3.05) is 10.6 Å². The molecule has 0 saturated heterocycles. The number of hydrogen-bond acceptors (Lipinski definition) is 8. The Bertz CT molecular complexity index is 2050. The molecule has 0 amide bonds. The first-order chi connectivity index (χ1) is 24.0. The summed E-state index contributed by atoms with van der Waals surface area (Å²) in [6.45, 7) is 3.87. The van der Waals surface area contributed by atoms with Gasteiger partial charge in [-0.2, -0.15) is 0 Å². The van der Waals surface area contributed by atoms with Crippen LogP contribution in [-0.2, 0) is 0 Å². The molecule has 0 aromatic heterocycles. The molecule has 10 nitrogen and oxygen atoms in total. The molecule has 0 aliphatic carbocycles. The second-order valence-electron chi connectivity index (χ2n) is 10.9. The molecular weight excluding hydrogens is 699 g/mol. The van der Waals surface area contributed by atoms with Crippen LogP contribution in [0.2, 0.25) is 0 Å². The van der Waals surface area contributed by atoms with Crippen molar-refractivity contribution in [1.29, 1.82) is 0 Å². The molecule has 0 aliphatic rings. The Labute approximate surface area is 298 Å². The van der Waals surface area contributed by atoms with Crippen molar-refractivity contribution in [3.8, 4) is 11.1 Å². The van der Waals surface area contributed by atoms with Gasteiger partial charge < -0.3 is 20.7 Å². The van der Waals surface area contributed by atoms with Gasteiger partial charge in [0.1, 0.15) is 11.4 Å². The van der Waals surface area contributed by atoms with E-state index in [1.54, 1.807) is 36.4 Å². The quantitative estimate of drug-likeness (QED) is 0.0687. The van der Waals surface area contributed by atoms with Crippen LogP contribution in [0.1, 0.15) is 11.1 Å². The highest BCUT2D eigenvalue weighted by Crippen LogP contribution is 2.34. The Morgan fingerprint density at radius 1 is 0.580 bits per heavy atom. The highest BCUT2D eigenvalue weighted by molar-refractivity contribution is 9.10. The van der Waals surface area contributed by atoms with Gasteiger partial charge in [0.2, 0.25) is 0 Å². The molecular formula is C38H34BBrN4O6. The average Bonchev–Trinajstić information content (AvgIpc) is 3.10. The van der Waals surface area contributed by atoms with E-state index in [4.69, 9.17) is 10.0 Å². The highest BCUT2D eigenvalue weighted by Gasteiger charge is 2.16. The summed E-state index contributed by atoms with van der Waals surface area (Å²) in [5.41, 5.74) is 7.32. The van der Waals surface area contributed by atoms with Crippen LogP contribution >= 0.6 is 15.9 Å². The van der Waals surface area contributed by atoms with E-state index in [2.05, 4.69) is 26.6 Å². The topological polar surface area (TPSA) is 151 Å². The molecule has 252 valence electrons. The molecule has 12 heteroatoms. The fraction of sp³-hybridized carbons (Fsp3) is 0.0526. The van der Waals surface area contributed by atoms with E-state index in [0.29, 0.717) is 16.8 Å². The number of nitro groups is 2. The van der Waals surface area contributed by atoms with Gasteiger partial charge in [-0.3, -0.25) is 20.2 Å². The molecule has 0 saturated carbocycles. The van der Waals surface area contributed by atoms with Gasteiger partial charge in [-0.15, -0.1) is 0 Å². The summed E-state index contributed by atoms with van der Waals surface area (Å²) in [4.78, 5) is 21.4. The fourth-order valence-corrected chi connectivity index (χ4v) is 5.22. The number of halogens is 1. The lowest BCUT2D eigenvalue weighted by atomic mass is 9.77. The predicted molar refractivity (Wildman–Crippen MR) is 205 cm³/mol. The molecule has 0 heterocycles. The summed E-state index contributed by atoms with van der Waals surface area (Å²) in [7, 11) is -1.35. The minimum absolute atomic E-state index is 0.0528. The number of para-hydroxylation sites is 2. The Morgan fingerprint density at radius 3 is 1.52 bits per heavy atom. The SMILES string of the molecule is Cc1ccccc1-c1ccc([N+](=O)[O-])c(Nc2ccccc2)c1.Cc1ccccc1B(O)O.O=[N+]([O-])c1ccc(Br)cc1Nc1ccccc1. The highest BCUT2D eigenvalue weighted by atomic mass is 79.9. The van der Waals surface area contributed by atoms with Gasteiger partial charge in [-0.1, -0.05) is 106 Å². The molecule has 0 aliphatic heterocycles. The van der Waals surface area contributed by atoms with Gasteiger partial charge in [0.25, 0.3) is 11.4 Å². The summed E-state index contributed by atoms with van der Waals surface area (Å²) in [5, 5.41) is 45.9. The lowest BCUT2D eigenvalue weighted by molar-refractivity contribution is -0.384. The minimum atomic E-state index is -1.35. The zero-order valence-corrected chi connectivity index (χ0v) is 28.8. The van der Waals surface area contributed by atoms with Crippen molar-refractivity contribution in [2.45, 2.75) is 13.8 Å². The fourth-order valence-electron chi connectivity index (χ4n) is 4.86. The van der Waals surface area contributed by atoms with Crippen LogP contribution in [0, 0.1) is 34.1 Å². The molecule has 6 aromatic carbocycles. The lowest BCUT2D eigenvalue weighted by Crippen LogP contribution is -2.31. The first-order valence-corrected chi connectivity index (χ1v) is 16.2. The van der Waals surface area contributed by atoms with Gasteiger partial charge in [-0.25, -0.2) is 0 Å². The first-order valence-electron chi connectivity index (χ1n) is 15.4.